The topological polar surface area (TPSA) is 68.2 Å². The van der Waals surface area contributed by atoms with E-state index in [1.165, 1.54) is 5.56 Å². The summed E-state index contributed by atoms with van der Waals surface area (Å²) in [6.45, 7) is 11.9. The number of allylic oxidation sites excluding steroid dienone is 1. The van der Waals surface area contributed by atoms with Gasteiger partial charge >= 0.3 is 6.03 Å². The molecule has 1 aliphatic carbocycles. The summed E-state index contributed by atoms with van der Waals surface area (Å²) in [6, 6.07) is 10.5. The summed E-state index contributed by atoms with van der Waals surface area (Å²) in [6.07, 6.45) is 6.97. The van der Waals surface area contributed by atoms with Crippen molar-refractivity contribution in [2.75, 3.05) is 27.7 Å². The van der Waals surface area contributed by atoms with Crippen LogP contribution >= 0.6 is 0 Å². The smallest absolute Gasteiger partial charge is 0.322 e. The Morgan fingerprint density at radius 3 is 2.23 bits per heavy atom. The minimum Gasteiger partial charge on any atom is -0.330 e. The van der Waals surface area contributed by atoms with Gasteiger partial charge < -0.3 is 10.2 Å². The van der Waals surface area contributed by atoms with Crippen LogP contribution in [0.5, 0.6) is 0 Å². The van der Waals surface area contributed by atoms with Crippen LogP contribution in [-0.4, -0.2) is 65.7 Å². The van der Waals surface area contributed by atoms with Crippen molar-refractivity contribution in [3.05, 3.63) is 60.4 Å². The van der Waals surface area contributed by atoms with Crippen LogP contribution in [-0.2, 0) is 10.3 Å². The molecule has 1 heterocycles. The van der Waals surface area contributed by atoms with Crippen molar-refractivity contribution in [1.29, 1.82) is 0 Å². The van der Waals surface area contributed by atoms with Crippen LogP contribution in [0.1, 0.15) is 58.9 Å². The maximum Gasteiger partial charge on any atom is 0.322 e. The van der Waals surface area contributed by atoms with E-state index in [-0.39, 0.29) is 23.0 Å². The number of benzene rings is 1. The molecule has 2 fully saturated rings. The maximum absolute atomic E-state index is 13.0. The number of nitrogens with one attached hydrogen (secondary N) is 1. The molecule has 7 heteroatoms. The number of carbonyl (C=O) groups is 2. The number of carbonyl (C=O) groups excluding carboxylic acids is 2. The zero-order valence-electron chi connectivity index (χ0n) is 22.4. The van der Waals surface area contributed by atoms with Crippen LogP contribution < -0.4 is 5.32 Å². The summed E-state index contributed by atoms with van der Waals surface area (Å²) in [5, 5.41) is 3.28. The maximum atomic E-state index is 13.0. The van der Waals surface area contributed by atoms with Gasteiger partial charge in [-0.15, -0.1) is 0 Å². The van der Waals surface area contributed by atoms with Crippen molar-refractivity contribution in [1.82, 2.24) is 20.0 Å². The quantitative estimate of drug-likeness (QED) is 0.377. The number of urea groups is 1. The lowest BCUT2D eigenvalue weighted by Crippen LogP contribution is -2.53. The van der Waals surface area contributed by atoms with E-state index in [4.69, 9.17) is 0 Å². The minimum absolute atomic E-state index is 0.0184. The monoisotopic (exact) mass is 479 g/mol. The van der Waals surface area contributed by atoms with Gasteiger partial charge in [-0.1, -0.05) is 57.7 Å². The molecule has 190 valence electrons. The fraction of sp³-hybridized carbons (Fsp3) is 0.536. The summed E-state index contributed by atoms with van der Waals surface area (Å²) < 4.78 is 0. The van der Waals surface area contributed by atoms with Crippen molar-refractivity contribution in [3.8, 4) is 0 Å². The first kappa shape index (κ1) is 26.7. The average molecular weight is 480 g/mol. The normalized spacial score (nSPS) is 25.7. The van der Waals surface area contributed by atoms with Gasteiger partial charge in [0.05, 0.1) is 24.0 Å². The molecule has 7 nitrogen and oxygen atoms in total. The van der Waals surface area contributed by atoms with Crippen molar-refractivity contribution in [2.24, 2.45) is 10.4 Å². The lowest BCUT2D eigenvalue weighted by Gasteiger charge is -2.48. The fourth-order valence-corrected chi connectivity index (χ4v) is 5.21. The number of nitrogens with zero attached hydrogens (tertiary/aromatic N) is 4. The molecule has 2 aliphatic rings. The van der Waals surface area contributed by atoms with Gasteiger partial charge in [-0.05, 0) is 58.3 Å². The molecule has 1 spiro atoms. The Hall–Kier alpha value is -2.93. The highest BCUT2D eigenvalue weighted by atomic mass is 16.2. The van der Waals surface area contributed by atoms with E-state index in [1.54, 1.807) is 36.0 Å². The Morgan fingerprint density at radius 1 is 1.11 bits per heavy atom. The summed E-state index contributed by atoms with van der Waals surface area (Å²) in [5.41, 5.74) is 1.15. The molecule has 1 aliphatic heterocycles. The number of amidine groups is 1. The van der Waals surface area contributed by atoms with Crippen molar-refractivity contribution in [2.45, 2.75) is 64.5 Å². The molecule has 1 aromatic rings. The van der Waals surface area contributed by atoms with Gasteiger partial charge in [0.25, 0.3) is 0 Å². The molecule has 3 rings (SSSR count). The van der Waals surface area contributed by atoms with Gasteiger partial charge in [0.1, 0.15) is 5.84 Å². The van der Waals surface area contributed by atoms with Crippen molar-refractivity contribution in [3.63, 3.8) is 0 Å². The van der Waals surface area contributed by atoms with Crippen molar-refractivity contribution < 1.29 is 9.59 Å². The van der Waals surface area contributed by atoms with E-state index in [9.17, 15) is 9.59 Å². The lowest BCUT2D eigenvalue weighted by molar-refractivity contribution is -0.134. The largest absolute Gasteiger partial charge is 0.330 e. The second-order valence-electron chi connectivity index (χ2n) is 11.1. The van der Waals surface area contributed by atoms with E-state index >= 15 is 0 Å². The first-order valence-electron chi connectivity index (χ1n) is 12.3. The third kappa shape index (κ3) is 5.35. The Morgan fingerprint density at radius 2 is 1.71 bits per heavy atom. The van der Waals surface area contributed by atoms with Gasteiger partial charge in [0, 0.05) is 18.0 Å². The Balaban J connectivity index is 1.77. The summed E-state index contributed by atoms with van der Waals surface area (Å²) >= 11 is 0. The molecular weight excluding hydrogens is 438 g/mol. The third-order valence-electron chi connectivity index (χ3n) is 7.62. The highest BCUT2D eigenvalue weighted by molar-refractivity contribution is 5.99. The second-order valence-corrected chi connectivity index (χ2v) is 11.1. The first-order valence-corrected chi connectivity index (χ1v) is 12.3. The highest BCUT2D eigenvalue weighted by Crippen LogP contribution is 2.46. The molecule has 1 aromatic carbocycles. The molecule has 0 radical (unpaired) electrons. The van der Waals surface area contributed by atoms with Gasteiger partial charge in [-0.3, -0.25) is 14.6 Å². The number of aliphatic imine (C=N–C) groups is 1. The summed E-state index contributed by atoms with van der Waals surface area (Å²) in [7, 11) is 6.01. The number of rotatable bonds is 5. The Bertz CT molecular complexity index is 1010. The van der Waals surface area contributed by atoms with Gasteiger partial charge in [-0.25, -0.2) is 9.79 Å². The van der Waals surface area contributed by atoms with E-state index in [1.807, 2.05) is 20.8 Å². The molecule has 0 bridgehead atoms. The molecule has 1 saturated heterocycles. The third-order valence-corrected chi connectivity index (χ3v) is 7.62. The van der Waals surface area contributed by atoms with Crippen LogP contribution in [0.4, 0.5) is 4.79 Å². The van der Waals surface area contributed by atoms with Crippen LogP contribution in [0, 0.1) is 5.41 Å². The molecule has 0 atom stereocenters. The molecule has 3 amide bonds. The number of hydrogen-bond donors (Lipinski definition) is 1. The van der Waals surface area contributed by atoms with Crippen LogP contribution in [0.3, 0.4) is 0 Å². The Labute approximate surface area is 210 Å². The van der Waals surface area contributed by atoms with Crippen LogP contribution in [0.15, 0.2) is 59.9 Å². The molecule has 1 saturated carbocycles. The van der Waals surface area contributed by atoms with Gasteiger partial charge in [0.15, 0.2) is 0 Å². The summed E-state index contributed by atoms with van der Waals surface area (Å²) in [5.74, 6) is 0.546. The highest BCUT2D eigenvalue weighted by Gasteiger charge is 2.50. The molecule has 0 unspecified atom stereocenters. The SMILES string of the molecule is C=C/C(=C\N=C(C)N(C)C(=O)C(C)(C)C)N1CC2(CCC(c3ccccc3)(N(C)C)CC2)NC1=O. The summed E-state index contributed by atoms with van der Waals surface area (Å²) in [4.78, 5) is 35.7. The van der Waals surface area contributed by atoms with Crippen LogP contribution in [0.25, 0.3) is 0 Å². The Kier molecular flexibility index (Phi) is 7.60. The number of amides is 3. The zero-order chi connectivity index (χ0) is 26.0. The predicted molar refractivity (Wildman–Crippen MR) is 142 cm³/mol. The predicted octanol–water partition coefficient (Wildman–Crippen LogP) is 4.73. The minimum atomic E-state index is -0.500. The van der Waals surface area contributed by atoms with Crippen LogP contribution in [0.2, 0.25) is 0 Å². The zero-order valence-corrected chi connectivity index (χ0v) is 22.4. The van der Waals surface area contributed by atoms with Gasteiger partial charge in [0.2, 0.25) is 5.91 Å². The molecule has 35 heavy (non-hydrogen) atoms. The fourth-order valence-electron chi connectivity index (χ4n) is 5.21. The van der Waals surface area contributed by atoms with Gasteiger partial charge in [-0.2, -0.15) is 0 Å². The number of hydrogen-bond acceptors (Lipinski definition) is 4. The average Bonchev–Trinajstić information content (AvgIpc) is 3.14. The van der Waals surface area contributed by atoms with E-state index < -0.39 is 5.41 Å². The second kappa shape index (κ2) is 9.97. The van der Waals surface area contributed by atoms with E-state index in [0.29, 0.717) is 18.1 Å². The van der Waals surface area contributed by atoms with E-state index in [2.05, 4.69) is 66.2 Å². The van der Waals surface area contributed by atoms with Crippen molar-refractivity contribution >= 4 is 17.8 Å². The molecule has 0 aromatic heterocycles. The molecular formula is C28H41N5O2. The standard InChI is InChI=1S/C28H41N5O2/c1-9-23(19-29-21(2)32(8)24(34)26(3,4)5)33-20-27(30-25(33)35)15-17-28(18-16-27,31(6)7)22-13-11-10-12-14-22/h9-14,19H,1,15-18,20H2,2-8H3,(H,30,35)/b23-19+,29-21?. The van der Waals surface area contributed by atoms with E-state index in [0.717, 1.165) is 25.7 Å². The molecule has 1 N–H and O–H groups in total. The first-order chi connectivity index (χ1) is 16.3. The lowest BCUT2D eigenvalue weighted by atomic mass is 9.69.